The highest BCUT2D eigenvalue weighted by atomic mass is 35.5. The molecule has 0 spiro atoms. The van der Waals surface area contributed by atoms with Crippen LogP contribution >= 0.6 is 11.6 Å². The van der Waals surface area contributed by atoms with E-state index >= 15 is 0 Å². The first-order valence-electron chi connectivity index (χ1n) is 9.66. The van der Waals surface area contributed by atoms with Crippen molar-refractivity contribution in [1.82, 2.24) is 4.98 Å². The maximum Gasteiger partial charge on any atom is 0.418 e. The van der Waals surface area contributed by atoms with Gasteiger partial charge in [0.2, 0.25) is 5.75 Å². The minimum Gasteiger partial charge on any atom is -0.493 e. The molecule has 1 heterocycles. The lowest BCUT2D eigenvalue weighted by atomic mass is 9.99. The first kappa shape index (κ1) is 23.1. The van der Waals surface area contributed by atoms with Gasteiger partial charge in [0.15, 0.2) is 11.5 Å². The largest absolute Gasteiger partial charge is 0.493 e. The van der Waals surface area contributed by atoms with E-state index in [0.29, 0.717) is 46.9 Å². The molecule has 2 aromatic carbocycles. The number of ether oxygens (including phenoxy) is 3. The molecule has 168 valence electrons. The van der Waals surface area contributed by atoms with E-state index in [1.165, 1.54) is 21.3 Å². The number of aromatic amines is 1. The standard InChI is InChI=1S/C22H24ClF3N2O3/c1-29-17-8-12(9-18(30-2)21(17)31-3)19-14(6-4-5-7-27)15-10-13(23)11-16(20(15)28-19)22(24,25)26/h8-11,28H,4-7,27H2,1-3H3. The molecule has 5 nitrogen and oxygen atoms in total. The molecule has 9 heteroatoms. The third-order valence-electron chi connectivity index (χ3n) is 5.12. The van der Waals surface area contributed by atoms with Gasteiger partial charge in [0.05, 0.1) is 32.4 Å². The fourth-order valence-corrected chi connectivity index (χ4v) is 3.93. The topological polar surface area (TPSA) is 69.5 Å². The van der Waals surface area contributed by atoms with Crippen LogP contribution in [-0.4, -0.2) is 32.9 Å². The molecule has 0 saturated carbocycles. The van der Waals surface area contributed by atoms with Crippen molar-refractivity contribution < 1.29 is 27.4 Å². The average molecular weight is 457 g/mol. The van der Waals surface area contributed by atoms with Gasteiger partial charge in [0.25, 0.3) is 0 Å². The third-order valence-corrected chi connectivity index (χ3v) is 5.34. The van der Waals surface area contributed by atoms with E-state index in [2.05, 4.69) is 4.98 Å². The number of unbranched alkanes of at least 4 members (excludes halogenated alkanes) is 1. The van der Waals surface area contributed by atoms with E-state index in [1.807, 2.05) is 0 Å². The zero-order chi connectivity index (χ0) is 22.8. The zero-order valence-corrected chi connectivity index (χ0v) is 18.2. The fourth-order valence-electron chi connectivity index (χ4n) is 3.72. The van der Waals surface area contributed by atoms with Crippen LogP contribution in [0.3, 0.4) is 0 Å². The van der Waals surface area contributed by atoms with E-state index in [0.717, 1.165) is 24.5 Å². The van der Waals surface area contributed by atoms with Gasteiger partial charge in [-0.2, -0.15) is 13.2 Å². The van der Waals surface area contributed by atoms with E-state index in [9.17, 15) is 13.2 Å². The van der Waals surface area contributed by atoms with Gasteiger partial charge in [-0.05, 0) is 55.6 Å². The number of nitrogens with two attached hydrogens (primary N) is 1. The van der Waals surface area contributed by atoms with Crippen molar-refractivity contribution in [3.8, 4) is 28.5 Å². The quantitative estimate of drug-likeness (QED) is 0.419. The molecule has 0 saturated heterocycles. The second-order valence-corrected chi connectivity index (χ2v) is 7.45. The van der Waals surface area contributed by atoms with Crippen LogP contribution in [-0.2, 0) is 12.6 Å². The molecule has 0 unspecified atom stereocenters. The molecule has 0 aliphatic rings. The van der Waals surface area contributed by atoms with E-state index in [1.54, 1.807) is 18.2 Å². The van der Waals surface area contributed by atoms with Crippen molar-refractivity contribution in [1.29, 1.82) is 0 Å². The second-order valence-electron chi connectivity index (χ2n) is 7.01. The highest BCUT2D eigenvalue weighted by Crippen LogP contribution is 2.45. The maximum atomic E-state index is 13.7. The SMILES string of the molecule is COc1cc(-c2[nH]c3c(C(F)(F)F)cc(Cl)cc3c2CCCCN)cc(OC)c1OC. The lowest BCUT2D eigenvalue weighted by Gasteiger charge is -2.14. The van der Waals surface area contributed by atoms with Crippen molar-refractivity contribution in [3.63, 3.8) is 0 Å². The predicted octanol–water partition coefficient (Wildman–Crippen LogP) is 5.81. The van der Waals surface area contributed by atoms with E-state index in [-0.39, 0.29) is 10.5 Å². The van der Waals surface area contributed by atoms with Crippen LogP contribution in [0.5, 0.6) is 17.2 Å². The number of alkyl halides is 3. The number of aryl methyl sites for hydroxylation is 1. The van der Waals surface area contributed by atoms with Gasteiger partial charge in [0.1, 0.15) is 0 Å². The predicted molar refractivity (Wildman–Crippen MR) is 115 cm³/mol. The van der Waals surface area contributed by atoms with Gasteiger partial charge >= 0.3 is 6.18 Å². The Balaban J connectivity index is 2.32. The van der Waals surface area contributed by atoms with E-state index in [4.69, 9.17) is 31.5 Å². The maximum absolute atomic E-state index is 13.7. The Hall–Kier alpha value is -2.58. The first-order chi connectivity index (χ1) is 14.7. The van der Waals surface area contributed by atoms with Gasteiger partial charge in [0, 0.05) is 21.7 Å². The molecule has 31 heavy (non-hydrogen) atoms. The molecule has 3 N–H and O–H groups in total. The Labute approximate surface area is 183 Å². The molecule has 0 bridgehead atoms. The summed E-state index contributed by atoms with van der Waals surface area (Å²) < 4.78 is 57.4. The monoisotopic (exact) mass is 456 g/mol. The number of H-pyrrole nitrogens is 1. The van der Waals surface area contributed by atoms with Crippen molar-refractivity contribution in [3.05, 3.63) is 40.4 Å². The number of hydrogen-bond donors (Lipinski definition) is 2. The molecule has 0 radical (unpaired) electrons. The Kier molecular flexibility index (Phi) is 6.91. The molecule has 3 aromatic rings. The molecule has 0 amide bonds. The number of benzene rings is 2. The normalized spacial score (nSPS) is 11.7. The van der Waals surface area contributed by atoms with Crippen molar-refractivity contribution in [2.24, 2.45) is 5.73 Å². The molecule has 3 rings (SSSR count). The smallest absolute Gasteiger partial charge is 0.418 e. The Morgan fingerprint density at radius 2 is 1.61 bits per heavy atom. The summed E-state index contributed by atoms with van der Waals surface area (Å²) in [6, 6.07) is 5.89. The summed E-state index contributed by atoms with van der Waals surface area (Å²) in [5.74, 6) is 1.20. The van der Waals surface area contributed by atoms with Crippen LogP contribution in [0.4, 0.5) is 13.2 Å². The summed E-state index contributed by atoms with van der Waals surface area (Å²) in [5.41, 5.74) is 6.67. The summed E-state index contributed by atoms with van der Waals surface area (Å²) in [6.07, 6.45) is -2.57. The van der Waals surface area contributed by atoms with Crippen molar-refractivity contribution >= 4 is 22.5 Å². The van der Waals surface area contributed by atoms with E-state index < -0.39 is 11.7 Å². The molecule has 0 aliphatic heterocycles. The van der Waals surface area contributed by atoms with Crippen LogP contribution in [0.1, 0.15) is 24.0 Å². The number of hydrogen-bond acceptors (Lipinski definition) is 4. The molecule has 0 aliphatic carbocycles. The lowest BCUT2D eigenvalue weighted by molar-refractivity contribution is -0.136. The summed E-state index contributed by atoms with van der Waals surface area (Å²) >= 11 is 6.06. The van der Waals surface area contributed by atoms with Gasteiger partial charge in [-0.25, -0.2) is 0 Å². The zero-order valence-electron chi connectivity index (χ0n) is 17.5. The van der Waals surface area contributed by atoms with Crippen LogP contribution in [0.2, 0.25) is 5.02 Å². The van der Waals surface area contributed by atoms with Crippen LogP contribution in [0.25, 0.3) is 22.2 Å². The molecular weight excluding hydrogens is 433 g/mol. The number of aromatic nitrogens is 1. The number of methoxy groups -OCH3 is 3. The Morgan fingerprint density at radius 1 is 0.968 bits per heavy atom. The second kappa shape index (κ2) is 9.28. The van der Waals surface area contributed by atoms with Gasteiger partial charge < -0.3 is 24.9 Å². The van der Waals surface area contributed by atoms with Gasteiger partial charge in [-0.15, -0.1) is 0 Å². The summed E-state index contributed by atoms with van der Waals surface area (Å²) in [7, 11) is 4.45. The molecule has 0 fully saturated rings. The fraction of sp³-hybridized carbons (Fsp3) is 0.364. The summed E-state index contributed by atoms with van der Waals surface area (Å²) in [4.78, 5) is 2.99. The van der Waals surface area contributed by atoms with Crippen molar-refractivity contribution in [2.75, 3.05) is 27.9 Å². The van der Waals surface area contributed by atoms with Crippen LogP contribution in [0.15, 0.2) is 24.3 Å². The Bertz CT molecular complexity index is 1060. The third kappa shape index (κ3) is 4.55. The van der Waals surface area contributed by atoms with Crippen LogP contribution < -0.4 is 19.9 Å². The van der Waals surface area contributed by atoms with Crippen molar-refractivity contribution in [2.45, 2.75) is 25.4 Å². The minimum atomic E-state index is -4.56. The highest BCUT2D eigenvalue weighted by molar-refractivity contribution is 6.31. The lowest BCUT2D eigenvalue weighted by Crippen LogP contribution is -2.05. The Morgan fingerprint density at radius 3 is 2.13 bits per heavy atom. The number of nitrogens with one attached hydrogen (secondary N) is 1. The highest BCUT2D eigenvalue weighted by Gasteiger charge is 2.35. The molecular formula is C22H24ClF3N2O3. The van der Waals surface area contributed by atoms with Crippen LogP contribution in [0, 0.1) is 0 Å². The number of rotatable bonds is 8. The van der Waals surface area contributed by atoms with Gasteiger partial charge in [-0.3, -0.25) is 0 Å². The minimum absolute atomic E-state index is 0.0107. The average Bonchev–Trinajstić information content (AvgIpc) is 3.09. The van der Waals surface area contributed by atoms with Gasteiger partial charge in [-0.1, -0.05) is 11.6 Å². The number of halogens is 4. The molecule has 1 aromatic heterocycles. The summed E-state index contributed by atoms with van der Waals surface area (Å²) in [6.45, 7) is 0.496. The molecule has 0 atom stereocenters. The first-order valence-corrected chi connectivity index (χ1v) is 10.0. The summed E-state index contributed by atoms with van der Waals surface area (Å²) in [5, 5.41) is 0.455. The number of fused-ring (bicyclic) bond motifs is 1.